The van der Waals surface area contributed by atoms with E-state index in [1.165, 1.54) is 18.2 Å². The number of rotatable bonds is 5. The van der Waals surface area contributed by atoms with Gasteiger partial charge in [-0.05, 0) is 36.6 Å². The van der Waals surface area contributed by atoms with Crippen molar-refractivity contribution in [1.82, 2.24) is 0 Å². The highest BCUT2D eigenvalue weighted by molar-refractivity contribution is 6.32. The maximum Gasteiger partial charge on any atom is 0.271 e. The number of ether oxygens (including phenoxy) is 2. The summed E-state index contributed by atoms with van der Waals surface area (Å²) >= 11 is 6.08. The van der Waals surface area contributed by atoms with E-state index in [1.807, 2.05) is 19.1 Å². The zero-order valence-corrected chi connectivity index (χ0v) is 14.2. The van der Waals surface area contributed by atoms with E-state index in [0.29, 0.717) is 11.5 Å². The molecule has 0 aliphatic rings. The van der Waals surface area contributed by atoms with Crippen molar-refractivity contribution in [2.24, 2.45) is 0 Å². The number of nitro benzene ring substituents is 1. The van der Waals surface area contributed by atoms with Gasteiger partial charge in [-0.15, -0.1) is 0 Å². The molecular weight excluding hydrogens is 318 g/mol. The highest BCUT2D eigenvalue weighted by Gasteiger charge is 2.15. The first kappa shape index (κ1) is 17.1. The highest BCUT2D eigenvalue weighted by Crippen LogP contribution is 2.38. The van der Waals surface area contributed by atoms with Crippen LogP contribution in [0.2, 0.25) is 5.02 Å². The molecule has 0 heterocycles. The van der Waals surface area contributed by atoms with Gasteiger partial charge in [0.15, 0.2) is 0 Å². The lowest BCUT2D eigenvalue weighted by Gasteiger charge is -2.17. The maximum absolute atomic E-state index is 10.8. The van der Waals surface area contributed by atoms with Crippen LogP contribution in [0.25, 0.3) is 0 Å². The molecule has 2 rings (SSSR count). The third kappa shape index (κ3) is 3.74. The zero-order valence-electron chi connectivity index (χ0n) is 13.4. The van der Waals surface area contributed by atoms with Crippen LogP contribution in [0.3, 0.4) is 0 Å². The van der Waals surface area contributed by atoms with Crippen LogP contribution in [-0.4, -0.2) is 12.0 Å². The van der Waals surface area contributed by atoms with Crippen LogP contribution in [-0.2, 0) is 0 Å². The Morgan fingerprint density at radius 1 is 1.13 bits per heavy atom. The monoisotopic (exact) mass is 335 g/mol. The normalized spacial score (nSPS) is 10.7. The van der Waals surface area contributed by atoms with Crippen LogP contribution in [0.15, 0.2) is 30.3 Å². The molecule has 0 aliphatic carbocycles. The Morgan fingerprint density at radius 2 is 1.83 bits per heavy atom. The fraction of sp³-hybridized carbons (Fsp3) is 0.294. The summed E-state index contributed by atoms with van der Waals surface area (Å²) < 4.78 is 11.3. The van der Waals surface area contributed by atoms with E-state index in [-0.39, 0.29) is 16.6 Å². The Kier molecular flexibility index (Phi) is 5.11. The van der Waals surface area contributed by atoms with Crippen molar-refractivity contribution in [2.45, 2.75) is 26.7 Å². The van der Waals surface area contributed by atoms with Crippen LogP contribution >= 0.6 is 11.6 Å². The zero-order chi connectivity index (χ0) is 17.1. The molecule has 2 aromatic carbocycles. The van der Waals surface area contributed by atoms with Crippen LogP contribution in [0, 0.1) is 17.0 Å². The Hall–Kier alpha value is -2.27. The number of aryl methyl sites for hydroxylation is 1. The van der Waals surface area contributed by atoms with Gasteiger partial charge in [0.1, 0.15) is 17.2 Å². The fourth-order valence-electron chi connectivity index (χ4n) is 2.22. The molecule has 0 atom stereocenters. The van der Waals surface area contributed by atoms with Crippen LogP contribution in [0.1, 0.15) is 30.9 Å². The summed E-state index contributed by atoms with van der Waals surface area (Å²) in [6.45, 7) is 6.03. The Balaban J connectivity index is 2.40. The van der Waals surface area contributed by atoms with Gasteiger partial charge in [0.05, 0.1) is 17.1 Å². The van der Waals surface area contributed by atoms with Crippen molar-refractivity contribution in [3.8, 4) is 17.2 Å². The van der Waals surface area contributed by atoms with E-state index >= 15 is 0 Å². The second-order valence-corrected chi connectivity index (χ2v) is 5.90. The quantitative estimate of drug-likeness (QED) is 0.536. The lowest BCUT2D eigenvalue weighted by atomic mass is 10.00. The minimum atomic E-state index is -0.495. The molecule has 2 aromatic rings. The average molecular weight is 336 g/mol. The van der Waals surface area contributed by atoms with Gasteiger partial charge < -0.3 is 9.47 Å². The molecule has 0 unspecified atom stereocenters. The number of methoxy groups -OCH3 is 1. The predicted molar refractivity (Wildman–Crippen MR) is 90.0 cm³/mol. The van der Waals surface area contributed by atoms with Gasteiger partial charge in [-0.2, -0.15) is 0 Å². The number of nitrogens with zero attached hydrogens (tertiary/aromatic N) is 1. The summed E-state index contributed by atoms with van der Waals surface area (Å²) in [5, 5.41) is 11.0. The van der Waals surface area contributed by atoms with E-state index in [0.717, 1.165) is 16.9 Å². The third-order valence-corrected chi connectivity index (χ3v) is 3.79. The Labute approximate surface area is 139 Å². The summed E-state index contributed by atoms with van der Waals surface area (Å²) in [6.07, 6.45) is 0. The largest absolute Gasteiger partial charge is 0.496 e. The predicted octanol–water partition coefficient (Wildman–Crippen LogP) is 5.48. The molecule has 122 valence electrons. The lowest BCUT2D eigenvalue weighted by molar-refractivity contribution is -0.384. The molecular formula is C17H18ClNO4. The molecule has 0 aromatic heterocycles. The molecule has 0 bridgehead atoms. The van der Waals surface area contributed by atoms with Crippen molar-refractivity contribution < 1.29 is 14.4 Å². The van der Waals surface area contributed by atoms with Gasteiger partial charge in [-0.3, -0.25) is 10.1 Å². The summed E-state index contributed by atoms with van der Waals surface area (Å²) in [6, 6.07) is 7.96. The smallest absolute Gasteiger partial charge is 0.271 e. The minimum Gasteiger partial charge on any atom is -0.496 e. The van der Waals surface area contributed by atoms with Gasteiger partial charge in [0.25, 0.3) is 5.69 Å². The third-order valence-electron chi connectivity index (χ3n) is 3.50. The van der Waals surface area contributed by atoms with Gasteiger partial charge >= 0.3 is 0 Å². The molecule has 0 N–H and O–H groups in total. The number of non-ortho nitro benzene ring substituents is 1. The second kappa shape index (κ2) is 6.87. The molecule has 0 saturated heterocycles. The first-order valence-corrected chi connectivity index (χ1v) is 7.51. The summed E-state index contributed by atoms with van der Waals surface area (Å²) in [4.78, 5) is 10.3. The first-order chi connectivity index (χ1) is 10.8. The SMILES string of the molecule is COc1cc(C)c(Oc2ccc([N+](=O)[O-])cc2Cl)cc1C(C)C. The van der Waals surface area contributed by atoms with Crippen molar-refractivity contribution in [3.63, 3.8) is 0 Å². The molecule has 23 heavy (non-hydrogen) atoms. The van der Waals surface area contributed by atoms with Gasteiger partial charge in [0, 0.05) is 17.7 Å². The Morgan fingerprint density at radius 3 is 2.35 bits per heavy atom. The standard InChI is InChI=1S/C17H18ClNO4/c1-10(2)13-9-16(11(3)7-17(13)22-4)23-15-6-5-12(19(20)21)8-14(15)18/h5-10H,1-4H3. The average Bonchev–Trinajstić information content (AvgIpc) is 2.50. The van der Waals surface area contributed by atoms with Crippen LogP contribution in [0.4, 0.5) is 5.69 Å². The van der Waals surface area contributed by atoms with Crippen LogP contribution < -0.4 is 9.47 Å². The van der Waals surface area contributed by atoms with E-state index in [1.54, 1.807) is 7.11 Å². The highest BCUT2D eigenvalue weighted by atomic mass is 35.5. The summed E-state index contributed by atoms with van der Waals surface area (Å²) in [5.41, 5.74) is 1.84. The van der Waals surface area contributed by atoms with E-state index in [9.17, 15) is 10.1 Å². The molecule has 6 heteroatoms. The van der Waals surface area contributed by atoms with E-state index < -0.39 is 4.92 Å². The fourth-order valence-corrected chi connectivity index (χ4v) is 2.43. The topological polar surface area (TPSA) is 61.6 Å². The lowest BCUT2D eigenvalue weighted by Crippen LogP contribution is -1.98. The molecule has 0 aliphatic heterocycles. The molecule has 0 spiro atoms. The molecule has 0 fully saturated rings. The molecule has 0 saturated carbocycles. The first-order valence-electron chi connectivity index (χ1n) is 7.13. The van der Waals surface area contributed by atoms with Gasteiger partial charge in [0.2, 0.25) is 0 Å². The van der Waals surface area contributed by atoms with Gasteiger partial charge in [-0.25, -0.2) is 0 Å². The van der Waals surface area contributed by atoms with Crippen molar-refractivity contribution in [3.05, 3.63) is 56.6 Å². The Bertz CT molecular complexity index is 744. The summed E-state index contributed by atoms with van der Waals surface area (Å²) in [5.74, 6) is 2.09. The van der Waals surface area contributed by atoms with Crippen LogP contribution in [0.5, 0.6) is 17.2 Å². The van der Waals surface area contributed by atoms with Crippen molar-refractivity contribution >= 4 is 17.3 Å². The number of hydrogen-bond donors (Lipinski definition) is 0. The molecule has 0 amide bonds. The number of nitro groups is 1. The van der Waals surface area contributed by atoms with Crippen molar-refractivity contribution in [2.75, 3.05) is 7.11 Å². The van der Waals surface area contributed by atoms with Gasteiger partial charge in [-0.1, -0.05) is 25.4 Å². The second-order valence-electron chi connectivity index (χ2n) is 5.49. The molecule has 5 nitrogen and oxygen atoms in total. The van der Waals surface area contributed by atoms with E-state index in [2.05, 4.69) is 13.8 Å². The minimum absolute atomic E-state index is 0.0725. The number of halogens is 1. The number of benzene rings is 2. The van der Waals surface area contributed by atoms with Crippen molar-refractivity contribution in [1.29, 1.82) is 0 Å². The molecule has 0 radical (unpaired) electrons. The number of hydrogen-bond acceptors (Lipinski definition) is 4. The maximum atomic E-state index is 10.8. The van der Waals surface area contributed by atoms with E-state index in [4.69, 9.17) is 21.1 Å². The summed E-state index contributed by atoms with van der Waals surface area (Å²) in [7, 11) is 1.63.